The molecule has 0 aliphatic heterocycles. The van der Waals surface area contributed by atoms with Gasteiger partial charge in [-0.1, -0.05) is 36.2 Å². The van der Waals surface area contributed by atoms with Crippen LogP contribution in [0.15, 0.2) is 24.3 Å². The van der Waals surface area contributed by atoms with Crippen molar-refractivity contribution >= 4 is 22.9 Å². The van der Waals surface area contributed by atoms with Crippen molar-refractivity contribution in [2.24, 2.45) is 0 Å². The normalized spacial score (nSPS) is 12.6. The molecule has 0 spiro atoms. The molecule has 0 aliphatic carbocycles. The molecular formula is C18H24ClNS. The fraction of sp³-hybridized carbons (Fsp3) is 0.444. The Morgan fingerprint density at radius 1 is 1.14 bits per heavy atom. The molecule has 0 aliphatic rings. The monoisotopic (exact) mass is 321 g/mol. The van der Waals surface area contributed by atoms with Gasteiger partial charge in [-0.25, -0.2) is 0 Å². The number of benzene rings is 1. The minimum atomic E-state index is 0.350. The van der Waals surface area contributed by atoms with Crippen LogP contribution < -0.4 is 5.32 Å². The molecule has 21 heavy (non-hydrogen) atoms. The molecule has 1 atom stereocenters. The van der Waals surface area contributed by atoms with E-state index in [1.165, 1.54) is 27.1 Å². The maximum Gasteiger partial charge on any atom is 0.0931 e. The zero-order valence-corrected chi connectivity index (χ0v) is 14.9. The summed E-state index contributed by atoms with van der Waals surface area (Å²) in [7, 11) is 0. The molecule has 0 radical (unpaired) electrons. The van der Waals surface area contributed by atoms with E-state index in [9.17, 15) is 0 Å². The van der Waals surface area contributed by atoms with E-state index in [2.05, 4.69) is 51.2 Å². The highest BCUT2D eigenvalue weighted by atomic mass is 35.5. The average Bonchev–Trinajstić information content (AvgIpc) is 2.83. The Labute approximate surface area is 137 Å². The second-order valence-corrected chi connectivity index (χ2v) is 7.48. The first kappa shape index (κ1) is 16.5. The van der Waals surface area contributed by atoms with Gasteiger partial charge >= 0.3 is 0 Å². The van der Waals surface area contributed by atoms with E-state index in [4.69, 9.17) is 11.6 Å². The van der Waals surface area contributed by atoms with Gasteiger partial charge in [0.2, 0.25) is 0 Å². The van der Waals surface area contributed by atoms with Crippen LogP contribution >= 0.6 is 22.9 Å². The summed E-state index contributed by atoms with van der Waals surface area (Å²) in [4.78, 5) is 1.33. The summed E-state index contributed by atoms with van der Waals surface area (Å²) in [6.45, 7) is 9.83. The van der Waals surface area contributed by atoms with E-state index in [1.807, 2.05) is 6.07 Å². The topological polar surface area (TPSA) is 12.0 Å². The minimum Gasteiger partial charge on any atom is -0.309 e. The Morgan fingerprint density at radius 2 is 1.81 bits per heavy atom. The third-order valence-corrected chi connectivity index (χ3v) is 5.17. The van der Waals surface area contributed by atoms with Gasteiger partial charge in [-0.15, -0.1) is 11.3 Å². The number of hydrogen-bond donors (Lipinski definition) is 1. The molecule has 0 bridgehead atoms. The van der Waals surface area contributed by atoms with Gasteiger partial charge in [0, 0.05) is 10.9 Å². The van der Waals surface area contributed by atoms with Crippen LogP contribution in [0, 0.1) is 20.8 Å². The Balaban J connectivity index is 2.27. The zero-order valence-electron chi connectivity index (χ0n) is 13.3. The highest BCUT2D eigenvalue weighted by Gasteiger charge is 2.16. The van der Waals surface area contributed by atoms with E-state index in [0.29, 0.717) is 6.04 Å². The molecule has 114 valence electrons. The molecule has 0 saturated heterocycles. The van der Waals surface area contributed by atoms with Gasteiger partial charge < -0.3 is 5.32 Å². The number of thiophene rings is 1. The van der Waals surface area contributed by atoms with Crippen molar-refractivity contribution in [1.29, 1.82) is 0 Å². The van der Waals surface area contributed by atoms with Gasteiger partial charge in [0.1, 0.15) is 0 Å². The lowest BCUT2D eigenvalue weighted by Crippen LogP contribution is -2.24. The Morgan fingerprint density at radius 3 is 2.33 bits per heavy atom. The SMILES string of the molecule is CCCNC(Cc1c(C)cc(C)cc1C)c1ccc(Cl)s1. The highest BCUT2D eigenvalue weighted by molar-refractivity contribution is 7.16. The standard InChI is InChI=1S/C18H24ClNS/c1-5-8-20-16(17-6-7-18(19)21-17)11-15-13(3)9-12(2)10-14(15)4/h6-7,9-10,16,20H,5,8,11H2,1-4H3. The van der Waals surface area contributed by atoms with Gasteiger partial charge in [0.05, 0.1) is 4.34 Å². The van der Waals surface area contributed by atoms with Gasteiger partial charge in [-0.2, -0.15) is 0 Å². The Hall–Kier alpha value is -0.830. The van der Waals surface area contributed by atoms with E-state index >= 15 is 0 Å². The first-order chi connectivity index (χ1) is 10.0. The third-order valence-electron chi connectivity index (χ3n) is 3.83. The maximum absolute atomic E-state index is 6.12. The summed E-state index contributed by atoms with van der Waals surface area (Å²) >= 11 is 7.80. The fourth-order valence-corrected chi connectivity index (χ4v) is 3.98. The first-order valence-corrected chi connectivity index (χ1v) is 8.76. The fourth-order valence-electron chi connectivity index (χ4n) is 2.84. The lowest BCUT2D eigenvalue weighted by atomic mass is 9.94. The number of rotatable bonds is 6. The largest absolute Gasteiger partial charge is 0.309 e. The molecular weight excluding hydrogens is 298 g/mol. The lowest BCUT2D eigenvalue weighted by molar-refractivity contribution is 0.534. The Kier molecular flexibility index (Phi) is 5.86. The van der Waals surface area contributed by atoms with Gasteiger partial charge in [0.25, 0.3) is 0 Å². The molecule has 0 fully saturated rings. The molecule has 3 heteroatoms. The number of halogens is 1. The quantitative estimate of drug-likeness (QED) is 0.729. The summed E-state index contributed by atoms with van der Waals surface area (Å²) in [5, 5.41) is 3.67. The molecule has 0 saturated carbocycles. The van der Waals surface area contributed by atoms with E-state index in [1.54, 1.807) is 11.3 Å². The van der Waals surface area contributed by atoms with Crippen molar-refractivity contribution in [2.45, 2.75) is 46.6 Å². The smallest absolute Gasteiger partial charge is 0.0931 e. The van der Waals surface area contributed by atoms with Crippen molar-refractivity contribution in [3.05, 3.63) is 55.7 Å². The molecule has 1 aromatic heterocycles. The number of hydrogen-bond acceptors (Lipinski definition) is 2. The van der Waals surface area contributed by atoms with Crippen LogP contribution in [0.1, 0.15) is 46.5 Å². The Bertz CT molecular complexity index is 580. The third kappa shape index (κ3) is 4.32. The molecule has 1 heterocycles. The van der Waals surface area contributed by atoms with Gasteiger partial charge in [-0.3, -0.25) is 0 Å². The summed E-state index contributed by atoms with van der Waals surface area (Å²) in [6.07, 6.45) is 2.16. The summed E-state index contributed by atoms with van der Waals surface area (Å²) in [5.41, 5.74) is 5.57. The molecule has 1 unspecified atom stereocenters. The zero-order chi connectivity index (χ0) is 15.4. The van der Waals surface area contributed by atoms with Crippen LogP contribution in [0.25, 0.3) is 0 Å². The highest BCUT2D eigenvalue weighted by Crippen LogP contribution is 2.30. The van der Waals surface area contributed by atoms with E-state index < -0.39 is 0 Å². The average molecular weight is 322 g/mol. The summed E-state index contributed by atoms with van der Waals surface area (Å²) in [6, 6.07) is 9.06. The number of nitrogens with one attached hydrogen (secondary N) is 1. The predicted molar refractivity (Wildman–Crippen MR) is 94.7 cm³/mol. The second-order valence-electron chi connectivity index (χ2n) is 5.73. The van der Waals surface area contributed by atoms with Crippen molar-refractivity contribution in [3.63, 3.8) is 0 Å². The van der Waals surface area contributed by atoms with E-state index in [-0.39, 0.29) is 0 Å². The predicted octanol–water partition coefficient (Wildman–Crippen LogP) is 5.61. The molecule has 2 rings (SSSR count). The second kappa shape index (κ2) is 7.44. The lowest BCUT2D eigenvalue weighted by Gasteiger charge is -2.20. The maximum atomic E-state index is 6.12. The van der Waals surface area contributed by atoms with Crippen LogP contribution in [0.4, 0.5) is 0 Å². The molecule has 1 N–H and O–H groups in total. The van der Waals surface area contributed by atoms with Crippen molar-refractivity contribution < 1.29 is 0 Å². The first-order valence-electron chi connectivity index (χ1n) is 7.56. The van der Waals surface area contributed by atoms with Crippen LogP contribution in [0.5, 0.6) is 0 Å². The molecule has 0 amide bonds. The van der Waals surface area contributed by atoms with Crippen LogP contribution in [-0.2, 0) is 6.42 Å². The molecule has 1 nitrogen and oxygen atoms in total. The summed E-state index contributed by atoms with van der Waals surface area (Å²) < 4.78 is 0.866. The number of aryl methyl sites for hydroxylation is 3. The van der Waals surface area contributed by atoms with Crippen molar-refractivity contribution in [2.75, 3.05) is 6.54 Å². The van der Waals surface area contributed by atoms with Gasteiger partial charge in [-0.05, 0) is 69.0 Å². The molecule has 2 aromatic rings. The van der Waals surface area contributed by atoms with E-state index in [0.717, 1.165) is 23.7 Å². The van der Waals surface area contributed by atoms with Crippen LogP contribution in [0.3, 0.4) is 0 Å². The van der Waals surface area contributed by atoms with Crippen molar-refractivity contribution in [1.82, 2.24) is 5.32 Å². The summed E-state index contributed by atoms with van der Waals surface area (Å²) in [5.74, 6) is 0. The molecule has 1 aromatic carbocycles. The van der Waals surface area contributed by atoms with Crippen LogP contribution in [-0.4, -0.2) is 6.54 Å². The van der Waals surface area contributed by atoms with Crippen LogP contribution in [0.2, 0.25) is 4.34 Å². The van der Waals surface area contributed by atoms with Crippen molar-refractivity contribution in [3.8, 4) is 0 Å². The van der Waals surface area contributed by atoms with Gasteiger partial charge in [0.15, 0.2) is 0 Å². The minimum absolute atomic E-state index is 0.350.